The number of imidazole rings is 1. The third kappa shape index (κ3) is 2.96. The Bertz CT molecular complexity index is 1210. The largest absolute Gasteiger partial charge is 0.488 e. The number of nitrogens with zero attached hydrogens (tertiary/aromatic N) is 2. The highest BCUT2D eigenvalue weighted by atomic mass is 127. The van der Waals surface area contributed by atoms with Crippen LogP contribution in [0, 0.1) is 3.57 Å². The first-order valence-electron chi connectivity index (χ1n) is 7.62. The lowest BCUT2D eigenvalue weighted by Gasteiger charge is -2.06. The molecule has 0 bridgehead atoms. The fourth-order valence-corrected chi connectivity index (χ4v) is 4.32. The highest BCUT2D eigenvalue weighted by Gasteiger charge is 2.10. The van der Waals surface area contributed by atoms with E-state index in [0.717, 1.165) is 30.9 Å². The van der Waals surface area contributed by atoms with E-state index in [-0.39, 0.29) is 5.56 Å². The number of hydrogen-bond donors (Lipinski definition) is 0. The van der Waals surface area contributed by atoms with Crippen LogP contribution in [0.15, 0.2) is 59.9 Å². The van der Waals surface area contributed by atoms with Gasteiger partial charge >= 0.3 is 0 Å². The van der Waals surface area contributed by atoms with E-state index in [4.69, 9.17) is 4.74 Å². The molecule has 124 valence electrons. The molecule has 0 atom stereocenters. The van der Waals surface area contributed by atoms with Gasteiger partial charge in [-0.2, -0.15) is 0 Å². The Labute approximate surface area is 161 Å². The molecule has 6 heteroatoms. The minimum absolute atomic E-state index is 0.0318. The van der Waals surface area contributed by atoms with Gasteiger partial charge < -0.3 is 4.74 Å². The van der Waals surface area contributed by atoms with Gasteiger partial charge in [-0.15, -0.1) is 0 Å². The molecular weight excluding hydrogens is 447 g/mol. The zero-order chi connectivity index (χ0) is 17.4. The van der Waals surface area contributed by atoms with E-state index in [1.807, 2.05) is 48.5 Å². The topological polar surface area (TPSA) is 43.6 Å². The van der Waals surface area contributed by atoms with Gasteiger partial charge in [-0.1, -0.05) is 42.2 Å². The Balaban J connectivity index is 1.81. The molecule has 4 rings (SSSR count). The van der Waals surface area contributed by atoms with Gasteiger partial charge in [0, 0.05) is 0 Å². The zero-order valence-electron chi connectivity index (χ0n) is 13.1. The van der Waals surface area contributed by atoms with E-state index in [9.17, 15) is 4.79 Å². The van der Waals surface area contributed by atoms with Crippen LogP contribution in [0.2, 0.25) is 0 Å². The third-order valence-electron chi connectivity index (χ3n) is 3.76. The number of thiazole rings is 1. The summed E-state index contributed by atoms with van der Waals surface area (Å²) in [5.41, 5.74) is 2.62. The van der Waals surface area contributed by atoms with Gasteiger partial charge in [0.15, 0.2) is 4.96 Å². The lowest BCUT2D eigenvalue weighted by atomic mass is 10.2. The van der Waals surface area contributed by atoms with Crippen LogP contribution in [0.1, 0.15) is 5.56 Å². The molecule has 0 saturated heterocycles. The molecule has 4 nitrogen and oxygen atoms in total. The van der Waals surface area contributed by atoms with E-state index in [1.165, 1.54) is 11.3 Å². The first kappa shape index (κ1) is 16.3. The van der Waals surface area contributed by atoms with Crippen LogP contribution < -0.4 is 14.8 Å². The Morgan fingerprint density at radius 1 is 1.28 bits per heavy atom. The highest BCUT2D eigenvalue weighted by molar-refractivity contribution is 14.1. The summed E-state index contributed by atoms with van der Waals surface area (Å²) in [5, 5.41) is 0. The van der Waals surface area contributed by atoms with Crippen LogP contribution in [0.3, 0.4) is 0 Å². The summed E-state index contributed by atoms with van der Waals surface area (Å²) in [5.74, 6) is 0.812. The van der Waals surface area contributed by atoms with Gasteiger partial charge in [-0.05, 0) is 58.5 Å². The predicted octanol–water partition coefficient (Wildman–Crippen LogP) is 3.63. The summed E-state index contributed by atoms with van der Waals surface area (Å²) in [6.45, 7) is 4.12. The van der Waals surface area contributed by atoms with Gasteiger partial charge in [0.25, 0.3) is 5.56 Å². The summed E-state index contributed by atoms with van der Waals surface area (Å²) in [6.07, 6.45) is 3.61. The smallest absolute Gasteiger partial charge is 0.274 e. The molecule has 0 N–H and O–H groups in total. The first-order valence-corrected chi connectivity index (χ1v) is 9.52. The van der Waals surface area contributed by atoms with Crippen molar-refractivity contribution < 1.29 is 4.74 Å². The number of rotatable bonds is 4. The molecule has 2 heterocycles. The summed E-state index contributed by atoms with van der Waals surface area (Å²) < 4.78 is 8.93. The molecule has 2 aromatic carbocycles. The summed E-state index contributed by atoms with van der Waals surface area (Å²) >= 11 is 3.64. The fourth-order valence-electron chi connectivity index (χ4n) is 2.64. The van der Waals surface area contributed by atoms with Crippen molar-refractivity contribution in [2.24, 2.45) is 0 Å². The van der Waals surface area contributed by atoms with Crippen molar-refractivity contribution in [3.63, 3.8) is 0 Å². The van der Waals surface area contributed by atoms with Crippen LogP contribution in [0.5, 0.6) is 5.75 Å². The standard InChI is InChI=1S/C19H13IN2O2S/c1-2-9-24-16-8-7-12(10-13(16)20)11-17-18(23)22-15-6-4-3-5-14(15)21-19(22)25-17/h2-8,10-11H,1,9H2. The van der Waals surface area contributed by atoms with Crippen molar-refractivity contribution in [3.05, 3.63) is 79.1 Å². The van der Waals surface area contributed by atoms with E-state index >= 15 is 0 Å². The van der Waals surface area contributed by atoms with Crippen molar-refractivity contribution in [3.8, 4) is 5.75 Å². The lowest BCUT2D eigenvalue weighted by molar-refractivity contribution is 0.360. The summed E-state index contributed by atoms with van der Waals surface area (Å²) in [7, 11) is 0. The highest BCUT2D eigenvalue weighted by Crippen LogP contribution is 2.22. The molecule has 0 spiro atoms. The molecule has 2 aromatic heterocycles. The minimum Gasteiger partial charge on any atom is -0.488 e. The molecule has 0 aliphatic heterocycles. The van der Waals surface area contributed by atoms with Crippen molar-refractivity contribution in [1.29, 1.82) is 0 Å². The van der Waals surface area contributed by atoms with Crippen LogP contribution in [0.4, 0.5) is 0 Å². The molecule has 0 radical (unpaired) electrons. The van der Waals surface area contributed by atoms with Crippen molar-refractivity contribution >= 4 is 56.0 Å². The zero-order valence-corrected chi connectivity index (χ0v) is 16.1. The van der Waals surface area contributed by atoms with Crippen LogP contribution in [-0.4, -0.2) is 16.0 Å². The summed E-state index contributed by atoms with van der Waals surface area (Å²) in [4.78, 5) is 18.0. The first-order chi connectivity index (χ1) is 12.2. The lowest BCUT2D eigenvalue weighted by Crippen LogP contribution is -2.22. The van der Waals surface area contributed by atoms with E-state index in [1.54, 1.807) is 10.5 Å². The third-order valence-corrected chi connectivity index (χ3v) is 5.57. The number of halogens is 1. The van der Waals surface area contributed by atoms with Crippen LogP contribution in [-0.2, 0) is 0 Å². The molecular formula is C19H13IN2O2S. The number of ether oxygens (including phenoxy) is 1. The van der Waals surface area contributed by atoms with Crippen molar-refractivity contribution in [2.75, 3.05) is 6.61 Å². The van der Waals surface area contributed by atoms with Gasteiger partial charge in [-0.25, -0.2) is 9.38 Å². The number of hydrogen-bond acceptors (Lipinski definition) is 4. The van der Waals surface area contributed by atoms with Crippen molar-refractivity contribution in [1.82, 2.24) is 9.38 Å². The van der Waals surface area contributed by atoms with E-state index in [0.29, 0.717) is 11.1 Å². The van der Waals surface area contributed by atoms with Gasteiger partial charge in [0.1, 0.15) is 12.4 Å². The van der Waals surface area contributed by atoms with Crippen LogP contribution >= 0.6 is 33.9 Å². The maximum absolute atomic E-state index is 12.8. The van der Waals surface area contributed by atoms with E-state index in [2.05, 4.69) is 34.2 Å². The monoisotopic (exact) mass is 460 g/mol. The molecule has 0 unspecified atom stereocenters. The second kappa shape index (κ2) is 6.61. The minimum atomic E-state index is -0.0318. The fraction of sp³-hybridized carbons (Fsp3) is 0.0526. The normalized spacial score (nSPS) is 12.1. The van der Waals surface area contributed by atoms with Crippen molar-refractivity contribution in [2.45, 2.75) is 0 Å². The molecule has 0 amide bonds. The maximum Gasteiger partial charge on any atom is 0.274 e. The average Bonchev–Trinajstić information content (AvgIpc) is 3.11. The molecule has 0 saturated carbocycles. The number of aromatic nitrogens is 2. The number of benzene rings is 2. The second-order valence-electron chi connectivity index (χ2n) is 5.42. The Kier molecular flexibility index (Phi) is 4.30. The van der Waals surface area contributed by atoms with Gasteiger partial charge in [0.05, 0.1) is 19.1 Å². The SMILES string of the molecule is C=CCOc1ccc(C=c2sc3nc4ccccc4n3c2=O)cc1I. The molecule has 0 aliphatic rings. The number of para-hydroxylation sites is 2. The van der Waals surface area contributed by atoms with Gasteiger partial charge in [-0.3, -0.25) is 4.79 Å². The van der Waals surface area contributed by atoms with E-state index < -0.39 is 0 Å². The Hall–Kier alpha value is -2.19. The van der Waals surface area contributed by atoms with Crippen LogP contribution in [0.25, 0.3) is 22.1 Å². The predicted molar refractivity (Wildman–Crippen MR) is 110 cm³/mol. The Morgan fingerprint density at radius 3 is 2.92 bits per heavy atom. The molecule has 0 aliphatic carbocycles. The molecule has 4 aromatic rings. The molecule has 25 heavy (non-hydrogen) atoms. The maximum atomic E-state index is 12.8. The molecule has 0 fully saturated rings. The quantitative estimate of drug-likeness (QED) is 0.345. The average molecular weight is 460 g/mol. The summed E-state index contributed by atoms with van der Waals surface area (Å²) in [6, 6.07) is 13.5. The Morgan fingerprint density at radius 2 is 2.12 bits per heavy atom. The van der Waals surface area contributed by atoms with Gasteiger partial charge in [0.2, 0.25) is 0 Å². The number of fused-ring (bicyclic) bond motifs is 3. The second-order valence-corrected chi connectivity index (χ2v) is 7.60.